The van der Waals surface area contributed by atoms with Gasteiger partial charge in [-0.2, -0.15) is 5.10 Å². The van der Waals surface area contributed by atoms with Crippen molar-refractivity contribution in [3.05, 3.63) is 78.9 Å². The van der Waals surface area contributed by atoms with E-state index in [2.05, 4.69) is 20.5 Å². The van der Waals surface area contributed by atoms with Crippen molar-refractivity contribution in [2.75, 3.05) is 44.7 Å². The molecule has 0 bridgehead atoms. The highest BCUT2D eigenvalue weighted by Gasteiger charge is 2.23. The van der Waals surface area contributed by atoms with Gasteiger partial charge in [-0.25, -0.2) is 9.67 Å². The van der Waals surface area contributed by atoms with Crippen molar-refractivity contribution in [3.8, 4) is 5.69 Å². The topological polar surface area (TPSA) is 100 Å². The van der Waals surface area contributed by atoms with Gasteiger partial charge in [-0.1, -0.05) is 60.8 Å². The van der Waals surface area contributed by atoms with Crippen LogP contribution in [0.25, 0.3) is 16.7 Å². The monoisotopic (exact) mass is 633 g/mol. The second-order valence-corrected chi connectivity index (χ2v) is 11.7. The molecule has 9 nitrogen and oxygen atoms in total. The van der Waals surface area contributed by atoms with Gasteiger partial charge < -0.3 is 20.4 Å². The number of H-pyrrole nitrogens is 1. The summed E-state index contributed by atoms with van der Waals surface area (Å²) < 4.78 is 6.92. The van der Waals surface area contributed by atoms with Gasteiger partial charge in [-0.05, 0) is 48.0 Å². The van der Waals surface area contributed by atoms with Gasteiger partial charge in [0.1, 0.15) is 16.9 Å². The first-order valence-electron chi connectivity index (χ1n) is 13.3. The van der Waals surface area contributed by atoms with Crippen molar-refractivity contribution in [2.45, 2.75) is 26.2 Å². The van der Waals surface area contributed by atoms with E-state index in [1.54, 1.807) is 12.1 Å². The Labute approximate surface area is 258 Å². The molecule has 13 heteroatoms. The normalized spacial score (nSPS) is 14.1. The molecule has 2 aromatic heterocycles. The number of halogens is 3. The van der Waals surface area contributed by atoms with Crippen LogP contribution in [0.3, 0.4) is 0 Å². The molecule has 4 aromatic rings. The van der Waals surface area contributed by atoms with Crippen LogP contribution in [0.15, 0.2) is 41.2 Å². The molecule has 0 unspecified atom stereocenters. The highest BCUT2D eigenvalue weighted by Crippen LogP contribution is 2.34. The van der Waals surface area contributed by atoms with Gasteiger partial charge in [0, 0.05) is 43.3 Å². The molecule has 0 radical (unpaired) electrons. The van der Waals surface area contributed by atoms with Gasteiger partial charge in [0.05, 0.1) is 29.0 Å². The lowest BCUT2D eigenvalue weighted by atomic mass is 10.1. The number of morpholine rings is 1. The molecule has 0 amide bonds. The van der Waals surface area contributed by atoms with E-state index < -0.39 is 0 Å². The SMILES string of the molecule is CC(C)c1nn(-c2c(Cl)cc(Cl)cc2Cl)c2nc(Cc3ccc(NC(=S)NCCN4CCOCC4)cc3)[nH]c(=O)c12. The maximum absolute atomic E-state index is 13.3. The molecular formula is C28H30Cl3N7O2S. The summed E-state index contributed by atoms with van der Waals surface area (Å²) in [5, 5.41) is 13.1. The third-order valence-corrected chi connectivity index (χ3v) is 7.80. The number of aromatic nitrogens is 4. The third kappa shape index (κ3) is 7.02. The Balaban J connectivity index is 1.33. The molecule has 2 aromatic carbocycles. The lowest BCUT2D eigenvalue weighted by molar-refractivity contribution is 0.0389. The van der Waals surface area contributed by atoms with Crippen molar-refractivity contribution in [3.63, 3.8) is 0 Å². The first-order valence-corrected chi connectivity index (χ1v) is 14.8. The molecule has 0 atom stereocenters. The van der Waals surface area contributed by atoms with E-state index in [1.165, 1.54) is 4.68 Å². The van der Waals surface area contributed by atoms with E-state index in [1.807, 2.05) is 38.1 Å². The summed E-state index contributed by atoms with van der Waals surface area (Å²) in [6.45, 7) is 9.04. The molecule has 1 aliphatic rings. The molecule has 0 saturated carbocycles. The summed E-state index contributed by atoms with van der Waals surface area (Å²) in [6.07, 6.45) is 0.401. The number of rotatable bonds is 8. The Kier molecular flexibility index (Phi) is 9.48. The van der Waals surface area contributed by atoms with Gasteiger partial charge in [0.25, 0.3) is 5.56 Å². The number of ether oxygens (including phenoxy) is 1. The van der Waals surface area contributed by atoms with Gasteiger partial charge >= 0.3 is 0 Å². The summed E-state index contributed by atoms with van der Waals surface area (Å²) in [4.78, 5) is 23.3. The minimum atomic E-state index is -0.270. The van der Waals surface area contributed by atoms with Crippen molar-refractivity contribution in [1.29, 1.82) is 0 Å². The first-order chi connectivity index (χ1) is 19.7. The van der Waals surface area contributed by atoms with E-state index in [4.69, 9.17) is 61.8 Å². The average Bonchev–Trinajstić information content (AvgIpc) is 3.30. The summed E-state index contributed by atoms with van der Waals surface area (Å²) in [5.74, 6) is 0.457. The van der Waals surface area contributed by atoms with Crippen LogP contribution in [0.5, 0.6) is 0 Å². The van der Waals surface area contributed by atoms with Gasteiger partial charge in [-0.15, -0.1) is 0 Å². The molecular weight excluding hydrogens is 605 g/mol. The zero-order chi connectivity index (χ0) is 29.1. The number of nitrogens with one attached hydrogen (secondary N) is 3. The molecule has 3 heterocycles. The first kappa shape index (κ1) is 29.8. The molecule has 0 spiro atoms. The maximum atomic E-state index is 13.3. The van der Waals surface area contributed by atoms with Crippen LogP contribution in [0.4, 0.5) is 5.69 Å². The Morgan fingerprint density at radius 2 is 1.80 bits per heavy atom. The van der Waals surface area contributed by atoms with E-state index in [0.29, 0.717) is 54.8 Å². The van der Waals surface area contributed by atoms with Crippen molar-refractivity contribution < 1.29 is 4.74 Å². The molecule has 3 N–H and O–H groups in total. The Morgan fingerprint density at radius 3 is 2.46 bits per heavy atom. The Morgan fingerprint density at radius 1 is 1.12 bits per heavy atom. The molecule has 216 valence electrons. The fourth-order valence-electron chi connectivity index (χ4n) is 4.70. The van der Waals surface area contributed by atoms with E-state index in [0.717, 1.165) is 50.6 Å². The van der Waals surface area contributed by atoms with Gasteiger partial charge in [0.2, 0.25) is 0 Å². The van der Waals surface area contributed by atoms with Gasteiger partial charge in [0.15, 0.2) is 10.8 Å². The van der Waals surface area contributed by atoms with Crippen LogP contribution in [-0.2, 0) is 11.2 Å². The van der Waals surface area contributed by atoms with Crippen molar-refractivity contribution in [1.82, 2.24) is 30.0 Å². The van der Waals surface area contributed by atoms with Crippen LogP contribution in [0.2, 0.25) is 15.1 Å². The number of aromatic amines is 1. The van der Waals surface area contributed by atoms with Crippen molar-refractivity contribution in [2.24, 2.45) is 0 Å². The molecule has 41 heavy (non-hydrogen) atoms. The van der Waals surface area contributed by atoms with E-state index >= 15 is 0 Å². The summed E-state index contributed by atoms with van der Waals surface area (Å²) >= 11 is 24.6. The Bertz CT molecular complexity index is 1590. The van der Waals surface area contributed by atoms with Crippen LogP contribution in [-0.4, -0.2) is 69.2 Å². The highest BCUT2D eigenvalue weighted by molar-refractivity contribution is 7.80. The average molecular weight is 635 g/mol. The fraction of sp³-hybridized carbons (Fsp3) is 0.357. The van der Waals surface area contributed by atoms with Crippen molar-refractivity contribution >= 4 is 68.9 Å². The quantitative estimate of drug-likeness (QED) is 0.222. The lowest BCUT2D eigenvalue weighted by Gasteiger charge is -2.26. The number of fused-ring (bicyclic) bond motifs is 1. The predicted molar refractivity (Wildman–Crippen MR) is 169 cm³/mol. The van der Waals surface area contributed by atoms with Gasteiger partial charge in [-0.3, -0.25) is 9.69 Å². The number of hydrogen-bond acceptors (Lipinski definition) is 6. The molecule has 1 aliphatic heterocycles. The summed E-state index contributed by atoms with van der Waals surface area (Å²) in [5.41, 5.74) is 2.96. The van der Waals surface area contributed by atoms with E-state index in [-0.39, 0.29) is 11.5 Å². The second kappa shape index (κ2) is 13.1. The molecule has 1 fully saturated rings. The minimum Gasteiger partial charge on any atom is -0.379 e. The number of thiocarbonyl (C=S) groups is 1. The van der Waals surface area contributed by atoms with Crippen LogP contribution in [0, 0.1) is 0 Å². The summed E-state index contributed by atoms with van der Waals surface area (Å²) in [7, 11) is 0. The smallest absolute Gasteiger partial charge is 0.262 e. The summed E-state index contributed by atoms with van der Waals surface area (Å²) in [6, 6.07) is 11.0. The standard InChI is InChI=1S/C28H30Cl3N7O2S/c1-16(2)24-23-26(38(36-24)25-20(30)14-18(29)15-21(25)31)34-22(35-27(23)39)13-17-3-5-19(6-4-17)33-28(41)32-7-8-37-9-11-40-12-10-37/h3-6,14-16H,7-13H2,1-2H3,(H2,32,33,41)(H,34,35,39). The van der Waals surface area contributed by atoms with E-state index in [9.17, 15) is 4.79 Å². The number of hydrogen-bond donors (Lipinski definition) is 3. The third-order valence-electron chi connectivity index (χ3n) is 6.75. The highest BCUT2D eigenvalue weighted by atomic mass is 35.5. The maximum Gasteiger partial charge on any atom is 0.262 e. The van der Waals surface area contributed by atoms with Crippen LogP contribution in [0.1, 0.15) is 36.8 Å². The van der Waals surface area contributed by atoms with Crippen LogP contribution < -0.4 is 16.2 Å². The lowest BCUT2D eigenvalue weighted by Crippen LogP contribution is -2.42. The molecule has 5 rings (SSSR count). The second-order valence-electron chi connectivity index (χ2n) is 10.1. The predicted octanol–water partition coefficient (Wildman–Crippen LogP) is 5.40. The fourth-order valence-corrected chi connectivity index (χ4v) is 5.90. The number of benzene rings is 2. The van der Waals surface area contributed by atoms with Crippen LogP contribution >= 0.6 is 47.0 Å². The zero-order valence-corrected chi connectivity index (χ0v) is 25.7. The molecule has 1 saturated heterocycles. The Hall–Kier alpha value is -2.73. The number of anilines is 1. The largest absolute Gasteiger partial charge is 0.379 e. The number of nitrogens with zero attached hydrogens (tertiary/aromatic N) is 4. The minimum absolute atomic E-state index is 0.0302. The zero-order valence-electron chi connectivity index (χ0n) is 22.6. The molecule has 0 aliphatic carbocycles.